The molecule has 5 nitrogen and oxygen atoms in total. The highest BCUT2D eigenvalue weighted by atomic mass is 35.5. The van der Waals surface area contributed by atoms with Crippen molar-refractivity contribution in [2.24, 2.45) is 0 Å². The van der Waals surface area contributed by atoms with Crippen LogP contribution >= 0.6 is 11.6 Å². The quantitative estimate of drug-likeness (QED) is 0.888. The number of hydrogen-bond acceptors (Lipinski definition) is 4. The molecule has 0 atom stereocenters. The molecule has 0 saturated carbocycles. The van der Waals surface area contributed by atoms with Crippen LogP contribution in [0.3, 0.4) is 0 Å². The minimum absolute atomic E-state index is 0.136. The lowest BCUT2D eigenvalue weighted by atomic mass is 10.1. The largest absolute Gasteiger partial charge is 0.478 e. The molecule has 6 heteroatoms. The Morgan fingerprint density at radius 3 is 2.86 bits per heavy atom. The fraction of sp³-hybridized carbons (Fsp3) is 0.267. The van der Waals surface area contributed by atoms with Gasteiger partial charge in [-0.3, -0.25) is 9.97 Å². The summed E-state index contributed by atoms with van der Waals surface area (Å²) in [6, 6.07) is 5.06. The first-order valence-corrected chi connectivity index (χ1v) is 6.90. The first kappa shape index (κ1) is 15.4. The summed E-state index contributed by atoms with van der Waals surface area (Å²) in [7, 11) is 1.96. The van der Waals surface area contributed by atoms with E-state index >= 15 is 0 Å². The number of carboxylic acid groups (broad SMARTS) is 1. The lowest BCUT2D eigenvalue weighted by molar-refractivity contribution is 0.0697. The zero-order valence-corrected chi connectivity index (χ0v) is 12.4. The Morgan fingerprint density at radius 1 is 1.38 bits per heavy atom. The van der Waals surface area contributed by atoms with Crippen LogP contribution in [-0.4, -0.2) is 39.5 Å². The van der Waals surface area contributed by atoms with Gasteiger partial charge in [-0.15, -0.1) is 0 Å². The van der Waals surface area contributed by atoms with E-state index < -0.39 is 5.97 Å². The van der Waals surface area contributed by atoms with Crippen molar-refractivity contribution in [3.05, 3.63) is 58.6 Å². The number of carboxylic acids is 1. The Bertz CT molecular complexity index is 620. The van der Waals surface area contributed by atoms with Gasteiger partial charge in [0.15, 0.2) is 0 Å². The van der Waals surface area contributed by atoms with Gasteiger partial charge in [0.25, 0.3) is 0 Å². The smallest absolute Gasteiger partial charge is 0.337 e. The number of hydrogen-bond donors (Lipinski definition) is 1. The molecule has 0 aliphatic heterocycles. The maximum atomic E-state index is 11.1. The second-order valence-corrected chi connectivity index (χ2v) is 5.15. The monoisotopic (exact) mass is 305 g/mol. The van der Waals surface area contributed by atoms with Gasteiger partial charge in [-0.25, -0.2) is 4.79 Å². The Balaban J connectivity index is 1.98. The number of carbonyl (C=O) groups is 1. The van der Waals surface area contributed by atoms with Gasteiger partial charge < -0.3 is 10.0 Å². The van der Waals surface area contributed by atoms with Gasteiger partial charge in [0.2, 0.25) is 0 Å². The number of nitrogens with zero attached hydrogens (tertiary/aromatic N) is 3. The third-order valence-electron chi connectivity index (χ3n) is 3.12. The highest BCUT2D eigenvalue weighted by Crippen LogP contribution is 2.22. The number of rotatable bonds is 6. The van der Waals surface area contributed by atoms with Gasteiger partial charge in [0.05, 0.1) is 16.3 Å². The third-order valence-corrected chi connectivity index (χ3v) is 3.56. The SMILES string of the molecule is CN(CCc1cnccn1)Cc1cccc(C(=O)O)c1Cl. The van der Waals surface area contributed by atoms with Crippen molar-refractivity contribution >= 4 is 17.6 Å². The minimum atomic E-state index is -1.01. The van der Waals surface area contributed by atoms with E-state index in [0.29, 0.717) is 11.6 Å². The number of likely N-dealkylation sites (N-methyl/N-ethyl adjacent to an activating group) is 1. The molecule has 0 bridgehead atoms. The van der Waals surface area contributed by atoms with Crippen molar-refractivity contribution in [1.29, 1.82) is 0 Å². The molecule has 110 valence electrons. The van der Waals surface area contributed by atoms with Crippen molar-refractivity contribution in [2.45, 2.75) is 13.0 Å². The molecular formula is C15H16ClN3O2. The van der Waals surface area contributed by atoms with Gasteiger partial charge in [-0.2, -0.15) is 0 Å². The first-order chi connectivity index (χ1) is 10.1. The summed E-state index contributed by atoms with van der Waals surface area (Å²) in [5, 5.41) is 9.37. The highest BCUT2D eigenvalue weighted by Gasteiger charge is 2.13. The molecule has 0 fully saturated rings. The van der Waals surface area contributed by atoms with Gasteiger partial charge in [0.1, 0.15) is 0 Å². The second kappa shape index (κ2) is 7.15. The van der Waals surface area contributed by atoms with Crippen molar-refractivity contribution in [2.75, 3.05) is 13.6 Å². The predicted octanol–water partition coefficient (Wildman–Crippen LogP) is 2.50. The zero-order chi connectivity index (χ0) is 15.2. The van der Waals surface area contributed by atoms with Crippen molar-refractivity contribution < 1.29 is 9.90 Å². The molecule has 0 radical (unpaired) electrons. The number of aromatic carboxylic acids is 1. The number of halogens is 1. The molecule has 2 rings (SSSR count). The van der Waals surface area contributed by atoms with Crippen LogP contribution in [0, 0.1) is 0 Å². The normalized spacial score (nSPS) is 10.8. The summed E-state index contributed by atoms with van der Waals surface area (Å²) in [6.07, 6.45) is 5.83. The Hall–Kier alpha value is -1.98. The third kappa shape index (κ3) is 4.24. The van der Waals surface area contributed by atoms with Gasteiger partial charge in [-0.05, 0) is 18.7 Å². The van der Waals surface area contributed by atoms with Crippen molar-refractivity contribution in [3.8, 4) is 0 Å². The van der Waals surface area contributed by atoms with Crippen LogP contribution in [0.15, 0.2) is 36.8 Å². The Kier molecular flexibility index (Phi) is 5.25. The highest BCUT2D eigenvalue weighted by molar-refractivity contribution is 6.34. The van der Waals surface area contributed by atoms with E-state index in [4.69, 9.17) is 16.7 Å². The molecule has 1 aromatic carbocycles. The van der Waals surface area contributed by atoms with E-state index in [2.05, 4.69) is 14.9 Å². The average molecular weight is 306 g/mol. The lowest BCUT2D eigenvalue weighted by Gasteiger charge is -2.17. The summed E-state index contributed by atoms with van der Waals surface area (Å²) < 4.78 is 0. The van der Waals surface area contributed by atoms with Crippen LogP contribution in [0.2, 0.25) is 5.02 Å². The van der Waals surface area contributed by atoms with Crippen LogP contribution < -0.4 is 0 Å². The van der Waals surface area contributed by atoms with Crippen LogP contribution in [0.1, 0.15) is 21.6 Å². The van der Waals surface area contributed by atoms with Crippen LogP contribution in [-0.2, 0) is 13.0 Å². The first-order valence-electron chi connectivity index (χ1n) is 6.52. The fourth-order valence-corrected chi connectivity index (χ4v) is 2.27. The Morgan fingerprint density at radius 2 is 2.19 bits per heavy atom. The maximum absolute atomic E-state index is 11.1. The molecule has 0 aliphatic carbocycles. The molecule has 0 amide bonds. The summed E-state index contributed by atoms with van der Waals surface area (Å²) >= 11 is 6.14. The average Bonchev–Trinajstić information content (AvgIpc) is 2.48. The molecule has 21 heavy (non-hydrogen) atoms. The molecular weight excluding hydrogens is 290 g/mol. The van der Waals surface area contributed by atoms with Crippen LogP contribution in [0.5, 0.6) is 0 Å². The van der Waals surface area contributed by atoms with E-state index in [9.17, 15) is 4.79 Å². The number of aromatic nitrogens is 2. The molecule has 0 unspecified atom stereocenters. The summed E-state index contributed by atoms with van der Waals surface area (Å²) in [4.78, 5) is 21.4. The van der Waals surface area contributed by atoms with E-state index in [0.717, 1.165) is 24.2 Å². The summed E-state index contributed by atoms with van der Waals surface area (Å²) in [5.74, 6) is -1.01. The van der Waals surface area contributed by atoms with Gasteiger partial charge in [0, 0.05) is 38.1 Å². The zero-order valence-electron chi connectivity index (χ0n) is 11.7. The van der Waals surface area contributed by atoms with Crippen LogP contribution in [0.4, 0.5) is 0 Å². The molecule has 0 spiro atoms. The van der Waals surface area contributed by atoms with E-state index in [-0.39, 0.29) is 5.56 Å². The van der Waals surface area contributed by atoms with Crippen molar-refractivity contribution in [1.82, 2.24) is 14.9 Å². The molecule has 1 aromatic heterocycles. The van der Waals surface area contributed by atoms with E-state index in [1.807, 2.05) is 13.1 Å². The lowest BCUT2D eigenvalue weighted by Crippen LogP contribution is -2.21. The van der Waals surface area contributed by atoms with Crippen LogP contribution in [0.25, 0.3) is 0 Å². The molecule has 1 heterocycles. The standard InChI is InChI=1S/C15H16ClN3O2/c1-19(8-5-12-9-17-6-7-18-12)10-11-3-2-4-13(14(11)16)15(20)21/h2-4,6-7,9H,5,8,10H2,1H3,(H,20,21). The maximum Gasteiger partial charge on any atom is 0.337 e. The van der Waals surface area contributed by atoms with Gasteiger partial charge in [-0.1, -0.05) is 23.7 Å². The molecule has 0 aliphatic rings. The van der Waals surface area contributed by atoms with Gasteiger partial charge >= 0.3 is 5.97 Å². The fourth-order valence-electron chi connectivity index (χ4n) is 2.00. The summed E-state index contributed by atoms with van der Waals surface area (Å²) in [6.45, 7) is 1.37. The Labute approximate surface area is 128 Å². The molecule has 2 aromatic rings. The molecule has 1 N–H and O–H groups in total. The van der Waals surface area contributed by atoms with E-state index in [1.54, 1.807) is 24.7 Å². The second-order valence-electron chi connectivity index (χ2n) is 4.77. The summed E-state index contributed by atoms with van der Waals surface area (Å²) in [5.41, 5.74) is 1.87. The number of benzene rings is 1. The topological polar surface area (TPSA) is 66.3 Å². The van der Waals surface area contributed by atoms with E-state index in [1.165, 1.54) is 6.07 Å². The minimum Gasteiger partial charge on any atom is -0.478 e. The predicted molar refractivity (Wildman–Crippen MR) is 80.5 cm³/mol. The molecule has 0 saturated heterocycles. The van der Waals surface area contributed by atoms with Crippen molar-refractivity contribution in [3.63, 3.8) is 0 Å².